The Kier molecular flexibility index (Phi) is 4.06. The minimum absolute atomic E-state index is 0.0984. The maximum atomic E-state index is 12.1. The Balaban J connectivity index is 1.59. The number of thioether (sulfide) groups is 1. The molecule has 0 saturated heterocycles. The third kappa shape index (κ3) is 2.94. The van der Waals surface area contributed by atoms with Crippen molar-refractivity contribution in [3.05, 3.63) is 57.4 Å². The molecule has 1 N–H and O–H groups in total. The van der Waals surface area contributed by atoms with Crippen molar-refractivity contribution in [1.82, 2.24) is 19.9 Å². The van der Waals surface area contributed by atoms with Gasteiger partial charge >= 0.3 is 0 Å². The number of aromatic nitrogens is 4. The summed E-state index contributed by atoms with van der Waals surface area (Å²) in [6.45, 7) is 2.06. The van der Waals surface area contributed by atoms with Gasteiger partial charge in [-0.15, -0.1) is 0 Å². The molecule has 0 aliphatic heterocycles. The third-order valence-corrected chi connectivity index (χ3v) is 5.23. The molecule has 6 heteroatoms. The highest BCUT2D eigenvalue weighted by Crippen LogP contribution is 2.25. The van der Waals surface area contributed by atoms with Crippen molar-refractivity contribution in [2.24, 2.45) is 0 Å². The van der Waals surface area contributed by atoms with Crippen molar-refractivity contribution in [2.75, 3.05) is 0 Å². The van der Waals surface area contributed by atoms with Gasteiger partial charge in [0.25, 0.3) is 5.56 Å². The Morgan fingerprint density at radius 1 is 1.12 bits per heavy atom. The van der Waals surface area contributed by atoms with Crippen molar-refractivity contribution in [1.29, 1.82) is 0 Å². The van der Waals surface area contributed by atoms with Crippen LogP contribution in [0.3, 0.4) is 0 Å². The SMILES string of the molecule is Cc1nc(SCc2nc3ccccc3c(=O)[nH]2)nc2c1CCCC2. The summed E-state index contributed by atoms with van der Waals surface area (Å²) in [6.07, 6.45) is 4.56. The molecule has 2 aromatic heterocycles. The van der Waals surface area contributed by atoms with E-state index in [9.17, 15) is 4.79 Å². The molecular weight excluding hydrogens is 320 g/mol. The first kappa shape index (κ1) is 15.3. The van der Waals surface area contributed by atoms with Gasteiger partial charge in [0.2, 0.25) is 0 Å². The zero-order chi connectivity index (χ0) is 16.5. The lowest BCUT2D eigenvalue weighted by Gasteiger charge is -2.17. The van der Waals surface area contributed by atoms with E-state index in [1.54, 1.807) is 6.07 Å². The quantitative estimate of drug-likeness (QED) is 0.586. The zero-order valence-electron chi connectivity index (χ0n) is 13.5. The molecule has 0 radical (unpaired) electrons. The van der Waals surface area contributed by atoms with Crippen LogP contribution in [-0.2, 0) is 18.6 Å². The number of para-hydroxylation sites is 1. The van der Waals surface area contributed by atoms with Gasteiger partial charge in [-0.25, -0.2) is 15.0 Å². The van der Waals surface area contributed by atoms with Gasteiger partial charge in [0.1, 0.15) is 5.82 Å². The first-order valence-electron chi connectivity index (χ1n) is 8.18. The minimum Gasteiger partial charge on any atom is -0.309 e. The molecule has 1 aliphatic rings. The lowest BCUT2D eigenvalue weighted by molar-refractivity contribution is 0.642. The zero-order valence-corrected chi connectivity index (χ0v) is 14.3. The number of aryl methyl sites for hydroxylation is 2. The van der Waals surface area contributed by atoms with Crippen LogP contribution in [0.4, 0.5) is 0 Å². The normalized spacial score (nSPS) is 13.9. The van der Waals surface area contributed by atoms with Gasteiger partial charge in [-0.05, 0) is 50.3 Å². The molecule has 0 bridgehead atoms. The third-order valence-electron chi connectivity index (χ3n) is 4.37. The summed E-state index contributed by atoms with van der Waals surface area (Å²) in [7, 11) is 0. The number of benzene rings is 1. The Hall–Kier alpha value is -2.21. The van der Waals surface area contributed by atoms with Gasteiger partial charge in [0.05, 0.1) is 16.7 Å². The molecule has 0 amide bonds. The van der Waals surface area contributed by atoms with Crippen LogP contribution in [0.2, 0.25) is 0 Å². The van der Waals surface area contributed by atoms with E-state index >= 15 is 0 Å². The number of nitrogens with zero attached hydrogens (tertiary/aromatic N) is 3. The summed E-state index contributed by atoms with van der Waals surface area (Å²) in [5.41, 5.74) is 4.22. The van der Waals surface area contributed by atoms with Gasteiger partial charge in [-0.2, -0.15) is 0 Å². The summed E-state index contributed by atoms with van der Waals surface area (Å²) in [6, 6.07) is 7.38. The summed E-state index contributed by atoms with van der Waals surface area (Å²) >= 11 is 1.52. The lowest BCUT2D eigenvalue weighted by atomic mass is 9.95. The highest BCUT2D eigenvalue weighted by atomic mass is 32.2. The van der Waals surface area contributed by atoms with Crippen LogP contribution in [0.1, 0.15) is 35.6 Å². The molecule has 0 saturated carbocycles. The smallest absolute Gasteiger partial charge is 0.258 e. The largest absolute Gasteiger partial charge is 0.309 e. The summed E-state index contributed by atoms with van der Waals surface area (Å²) < 4.78 is 0. The Morgan fingerprint density at radius 3 is 2.88 bits per heavy atom. The van der Waals surface area contributed by atoms with Crippen LogP contribution in [0.15, 0.2) is 34.2 Å². The lowest BCUT2D eigenvalue weighted by Crippen LogP contribution is -2.12. The van der Waals surface area contributed by atoms with E-state index < -0.39 is 0 Å². The fourth-order valence-corrected chi connectivity index (χ4v) is 3.93. The predicted molar refractivity (Wildman–Crippen MR) is 95.3 cm³/mol. The van der Waals surface area contributed by atoms with E-state index in [4.69, 9.17) is 4.98 Å². The maximum Gasteiger partial charge on any atom is 0.258 e. The molecule has 122 valence electrons. The predicted octanol–water partition coefficient (Wildman–Crippen LogP) is 3.19. The number of H-pyrrole nitrogens is 1. The van der Waals surface area contributed by atoms with Gasteiger partial charge < -0.3 is 4.98 Å². The molecule has 5 nitrogen and oxygen atoms in total. The van der Waals surface area contributed by atoms with Crippen molar-refractivity contribution in [3.63, 3.8) is 0 Å². The fraction of sp³-hybridized carbons (Fsp3) is 0.333. The molecule has 1 aromatic carbocycles. The van der Waals surface area contributed by atoms with Crippen LogP contribution in [0, 0.1) is 6.92 Å². The van der Waals surface area contributed by atoms with E-state index in [0.29, 0.717) is 17.0 Å². The highest BCUT2D eigenvalue weighted by molar-refractivity contribution is 7.98. The Morgan fingerprint density at radius 2 is 1.96 bits per heavy atom. The van der Waals surface area contributed by atoms with Gasteiger partial charge in [-0.3, -0.25) is 4.79 Å². The molecule has 3 aromatic rings. The summed E-state index contributed by atoms with van der Waals surface area (Å²) in [5, 5.41) is 1.39. The van der Waals surface area contributed by atoms with E-state index in [1.807, 2.05) is 18.2 Å². The molecule has 24 heavy (non-hydrogen) atoms. The molecule has 0 fully saturated rings. The van der Waals surface area contributed by atoms with E-state index in [2.05, 4.69) is 21.9 Å². The topological polar surface area (TPSA) is 71.5 Å². The van der Waals surface area contributed by atoms with Crippen LogP contribution >= 0.6 is 11.8 Å². The van der Waals surface area contributed by atoms with Crippen molar-refractivity contribution in [2.45, 2.75) is 43.5 Å². The molecule has 4 rings (SSSR count). The Labute approximate surface area is 144 Å². The molecule has 0 spiro atoms. The average Bonchev–Trinajstić information content (AvgIpc) is 2.60. The van der Waals surface area contributed by atoms with E-state index in [1.165, 1.54) is 35.9 Å². The van der Waals surface area contributed by atoms with E-state index in [0.717, 1.165) is 29.2 Å². The second-order valence-electron chi connectivity index (χ2n) is 6.04. The second kappa shape index (κ2) is 6.36. The van der Waals surface area contributed by atoms with Crippen LogP contribution < -0.4 is 5.56 Å². The highest BCUT2D eigenvalue weighted by Gasteiger charge is 2.16. The van der Waals surface area contributed by atoms with Gasteiger partial charge in [0, 0.05) is 11.4 Å². The average molecular weight is 338 g/mol. The Bertz CT molecular complexity index is 967. The number of hydrogen-bond donors (Lipinski definition) is 1. The minimum atomic E-state index is -0.0984. The first-order valence-corrected chi connectivity index (χ1v) is 9.16. The number of rotatable bonds is 3. The summed E-state index contributed by atoms with van der Waals surface area (Å²) in [4.78, 5) is 28.8. The van der Waals surface area contributed by atoms with E-state index in [-0.39, 0.29) is 5.56 Å². The molecule has 2 heterocycles. The first-order chi connectivity index (χ1) is 11.7. The van der Waals surface area contributed by atoms with Crippen LogP contribution in [-0.4, -0.2) is 19.9 Å². The van der Waals surface area contributed by atoms with Gasteiger partial charge in [-0.1, -0.05) is 23.9 Å². The van der Waals surface area contributed by atoms with Crippen molar-refractivity contribution >= 4 is 22.7 Å². The molecule has 0 atom stereocenters. The molecule has 1 aliphatic carbocycles. The number of nitrogens with one attached hydrogen (secondary N) is 1. The van der Waals surface area contributed by atoms with Crippen LogP contribution in [0.5, 0.6) is 0 Å². The van der Waals surface area contributed by atoms with Crippen molar-refractivity contribution < 1.29 is 0 Å². The number of hydrogen-bond acceptors (Lipinski definition) is 5. The summed E-state index contributed by atoms with van der Waals surface area (Å²) in [5.74, 6) is 1.21. The fourth-order valence-electron chi connectivity index (χ4n) is 3.15. The number of fused-ring (bicyclic) bond motifs is 2. The standard InChI is InChI=1S/C18H18N4OS/c1-11-12-6-2-4-8-14(12)21-18(19-11)24-10-16-20-15-9-5-3-7-13(15)17(23)22-16/h3,5,7,9H,2,4,6,8,10H2,1H3,(H,20,22,23). The van der Waals surface area contributed by atoms with Crippen molar-refractivity contribution in [3.8, 4) is 0 Å². The second-order valence-corrected chi connectivity index (χ2v) is 6.98. The van der Waals surface area contributed by atoms with Crippen LogP contribution in [0.25, 0.3) is 10.9 Å². The molecular formula is C18H18N4OS. The van der Waals surface area contributed by atoms with Gasteiger partial charge in [0.15, 0.2) is 5.16 Å². The molecule has 0 unspecified atom stereocenters. The maximum absolute atomic E-state index is 12.1. The monoisotopic (exact) mass is 338 g/mol. The number of aromatic amines is 1.